The lowest BCUT2D eigenvalue weighted by Gasteiger charge is -2.26. The molecule has 0 saturated carbocycles. The van der Waals surface area contributed by atoms with Gasteiger partial charge in [-0.15, -0.1) is 0 Å². The van der Waals surface area contributed by atoms with Crippen molar-refractivity contribution in [3.05, 3.63) is 23.8 Å². The molecule has 1 aromatic carbocycles. The number of likely N-dealkylation sites (N-methyl/N-ethyl adjacent to an activating group) is 1. The highest BCUT2D eigenvalue weighted by Crippen LogP contribution is 2.50. The Morgan fingerprint density at radius 3 is 3.06 bits per heavy atom. The summed E-state index contributed by atoms with van der Waals surface area (Å²) in [7, 11) is 3.82. The van der Waals surface area contributed by atoms with Crippen molar-refractivity contribution in [3.8, 4) is 5.75 Å². The van der Waals surface area contributed by atoms with Gasteiger partial charge in [0.15, 0.2) is 0 Å². The first kappa shape index (κ1) is 9.97. The summed E-state index contributed by atoms with van der Waals surface area (Å²) in [6, 6.07) is 6.29. The number of methoxy groups -OCH3 is 1. The van der Waals surface area contributed by atoms with Crippen LogP contribution in [0.1, 0.15) is 18.9 Å². The van der Waals surface area contributed by atoms with Crippen LogP contribution in [0, 0.1) is 0 Å². The summed E-state index contributed by atoms with van der Waals surface area (Å²) >= 11 is 0. The van der Waals surface area contributed by atoms with Gasteiger partial charge in [-0.05, 0) is 30.2 Å². The molecule has 2 aliphatic heterocycles. The second-order valence-electron chi connectivity index (χ2n) is 4.88. The molecule has 86 valence electrons. The minimum atomic E-state index is 0.124. The maximum Gasteiger partial charge on any atom is 0.139 e. The van der Waals surface area contributed by atoms with Gasteiger partial charge in [0, 0.05) is 18.2 Å². The lowest BCUT2D eigenvalue weighted by atomic mass is 9.82. The summed E-state index contributed by atoms with van der Waals surface area (Å²) in [6.07, 6.45) is 1.27. The van der Waals surface area contributed by atoms with Gasteiger partial charge in [0.1, 0.15) is 12.0 Å². The van der Waals surface area contributed by atoms with E-state index >= 15 is 0 Å². The van der Waals surface area contributed by atoms with Gasteiger partial charge >= 0.3 is 0 Å². The van der Waals surface area contributed by atoms with Crippen molar-refractivity contribution < 1.29 is 9.47 Å². The molecule has 1 aromatic rings. The quantitative estimate of drug-likeness (QED) is 0.722. The van der Waals surface area contributed by atoms with Gasteiger partial charge in [0.25, 0.3) is 0 Å². The van der Waals surface area contributed by atoms with Crippen molar-refractivity contribution in [3.63, 3.8) is 0 Å². The molecule has 0 spiro atoms. The van der Waals surface area contributed by atoms with Gasteiger partial charge in [-0.1, -0.05) is 6.92 Å². The molecule has 2 aliphatic rings. The molecule has 0 radical (unpaired) electrons. The number of rotatable bonds is 1. The van der Waals surface area contributed by atoms with Gasteiger partial charge in [-0.25, -0.2) is 0 Å². The molecular weight excluding hydrogens is 202 g/mol. The molecule has 0 aliphatic carbocycles. The van der Waals surface area contributed by atoms with Crippen molar-refractivity contribution in [2.24, 2.45) is 0 Å². The molecule has 0 amide bonds. The van der Waals surface area contributed by atoms with E-state index in [0.717, 1.165) is 18.8 Å². The van der Waals surface area contributed by atoms with Crippen LogP contribution in [0.25, 0.3) is 0 Å². The Morgan fingerprint density at radius 1 is 1.50 bits per heavy atom. The monoisotopic (exact) mass is 219 g/mol. The Balaban J connectivity index is 2.16. The summed E-state index contributed by atoms with van der Waals surface area (Å²) in [6.45, 7) is 3.13. The van der Waals surface area contributed by atoms with Gasteiger partial charge in [0.2, 0.25) is 0 Å². The zero-order chi connectivity index (χ0) is 11.3. The molecule has 3 nitrogen and oxygen atoms in total. The summed E-state index contributed by atoms with van der Waals surface area (Å²) in [5.74, 6) is 0.931. The fraction of sp³-hybridized carbons (Fsp3) is 0.538. The fourth-order valence-electron chi connectivity index (χ4n) is 3.03. The minimum absolute atomic E-state index is 0.124. The van der Waals surface area contributed by atoms with E-state index in [1.54, 1.807) is 7.11 Å². The summed E-state index contributed by atoms with van der Waals surface area (Å²) in [5.41, 5.74) is 2.75. The van der Waals surface area contributed by atoms with E-state index in [9.17, 15) is 0 Å². The van der Waals surface area contributed by atoms with Crippen LogP contribution in [0.5, 0.6) is 5.75 Å². The predicted molar refractivity (Wildman–Crippen MR) is 63.1 cm³/mol. The molecule has 2 atom stereocenters. The van der Waals surface area contributed by atoms with E-state index in [2.05, 4.69) is 31.0 Å². The van der Waals surface area contributed by atoms with Crippen LogP contribution in [0.3, 0.4) is 0 Å². The lowest BCUT2D eigenvalue weighted by Crippen LogP contribution is -2.37. The predicted octanol–water partition coefficient (Wildman–Crippen LogP) is 2.15. The molecule has 3 rings (SSSR count). The number of fused-ring (bicyclic) bond motifs is 3. The molecular formula is C13H17NO2. The summed E-state index contributed by atoms with van der Waals surface area (Å²) in [5, 5.41) is 0. The van der Waals surface area contributed by atoms with Gasteiger partial charge in [-0.2, -0.15) is 0 Å². The number of nitrogens with zero attached hydrogens (tertiary/aromatic N) is 1. The summed E-state index contributed by atoms with van der Waals surface area (Å²) < 4.78 is 11.1. The van der Waals surface area contributed by atoms with Crippen molar-refractivity contribution >= 4 is 5.69 Å². The van der Waals surface area contributed by atoms with Crippen LogP contribution < -0.4 is 9.64 Å². The first-order valence-electron chi connectivity index (χ1n) is 5.70. The molecule has 2 heterocycles. The Kier molecular flexibility index (Phi) is 1.96. The Morgan fingerprint density at radius 2 is 2.31 bits per heavy atom. The van der Waals surface area contributed by atoms with E-state index < -0.39 is 0 Å². The number of anilines is 1. The molecule has 16 heavy (non-hydrogen) atoms. The molecule has 1 fully saturated rings. The maximum absolute atomic E-state index is 5.83. The van der Waals surface area contributed by atoms with E-state index in [4.69, 9.17) is 9.47 Å². The number of ether oxygens (including phenoxy) is 2. The molecule has 2 unspecified atom stereocenters. The standard InChI is InChI=1S/C13H17NO2/c1-13-6-7-16-12(13)14(2)11-5-4-9(15-3)8-10(11)13/h4-5,8,12H,6-7H2,1-3H3. The van der Waals surface area contributed by atoms with Crippen LogP contribution in [0.15, 0.2) is 18.2 Å². The van der Waals surface area contributed by atoms with E-state index in [0.29, 0.717) is 0 Å². The lowest BCUT2D eigenvalue weighted by molar-refractivity contribution is 0.0920. The second kappa shape index (κ2) is 3.14. The maximum atomic E-state index is 5.83. The highest BCUT2D eigenvalue weighted by Gasteiger charge is 2.50. The Labute approximate surface area is 96.0 Å². The Bertz CT molecular complexity index is 432. The fourth-order valence-corrected chi connectivity index (χ4v) is 3.03. The average Bonchev–Trinajstić information content (AvgIpc) is 2.78. The zero-order valence-electron chi connectivity index (χ0n) is 9.99. The zero-order valence-corrected chi connectivity index (χ0v) is 9.99. The highest BCUT2D eigenvalue weighted by atomic mass is 16.5. The van der Waals surface area contributed by atoms with Gasteiger partial charge in [-0.3, -0.25) is 0 Å². The van der Waals surface area contributed by atoms with Crippen LogP contribution in [-0.2, 0) is 10.2 Å². The smallest absolute Gasteiger partial charge is 0.139 e. The molecule has 0 bridgehead atoms. The largest absolute Gasteiger partial charge is 0.497 e. The number of benzene rings is 1. The summed E-state index contributed by atoms with van der Waals surface area (Å²) in [4.78, 5) is 2.24. The minimum Gasteiger partial charge on any atom is -0.497 e. The SMILES string of the molecule is COc1ccc2c(c1)C1(C)CCOC1N2C. The normalized spacial score (nSPS) is 31.4. The number of hydrogen-bond donors (Lipinski definition) is 0. The van der Waals surface area contributed by atoms with Crippen molar-refractivity contribution in [1.82, 2.24) is 0 Å². The van der Waals surface area contributed by atoms with Crippen LogP contribution in [0.2, 0.25) is 0 Å². The molecule has 3 heteroatoms. The third-order valence-corrected chi connectivity index (χ3v) is 3.99. The first-order chi connectivity index (χ1) is 7.66. The highest BCUT2D eigenvalue weighted by molar-refractivity contribution is 5.65. The van der Waals surface area contributed by atoms with Crippen LogP contribution in [-0.4, -0.2) is 27.0 Å². The van der Waals surface area contributed by atoms with Gasteiger partial charge < -0.3 is 14.4 Å². The first-order valence-corrected chi connectivity index (χ1v) is 5.70. The van der Waals surface area contributed by atoms with E-state index in [1.165, 1.54) is 11.3 Å². The van der Waals surface area contributed by atoms with Crippen molar-refractivity contribution in [2.75, 3.05) is 25.7 Å². The van der Waals surface area contributed by atoms with Gasteiger partial charge in [0.05, 0.1) is 13.7 Å². The average molecular weight is 219 g/mol. The third-order valence-electron chi connectivity index (χ3n) is 3.99. The Hall–Kier alpha value is -1.22. The number of hydrogen-bond acceptors (Lipinski definition) is 3. The third kappa shape index (κ3) is 1.07. The molecule has 1 saturated heterocycles. The van der Waals surface area contributed by atoms with Crippen molar-refractivity contribution in [2.45, 2.75) is 25.0 Å². The topological polar surface area (TPSA) is 21.7 Å². The molecule has 0 N–H and O–H groups in total. The van der Waals surface area contributed by atoms with Crippen molar-refractivity contribution in [1.29, 1.82) is 0 Å². The van der Waals surface area contributed by atoms with E-state index in [-0.39, 0.29) is 11.6 Å². The van der Waals surface area contributed by atoms with Crippen LogP contribution >= 0.6 is 0 Å². The van der Waals surface area contributed by atoms with E-state index in [1.807, 2.05) is 6.07 Å². The molecule has 0 aromatic heterocycles. The van der Waals surface area contributed by atoms with Crippen LogP contribution in [0.4, 0.5) is 5.69 Å². The second-order valence-corrected chi connectivity index (χ2v) is 4.88.